The molecule has 0 radical (unpaired) electrons. The van der Waals surface area contributed by atoms with Crippen LogP contribution in [0.3, 0.4) is 0 Å². The quantitative estimate of drug-likeness (QED) is 0.636. The van der Waals surface area contributed by atoms with Crippen LogP contribution in [0.15, 0.2) is 24.3 Å². The van der Waals surface area contributed by atoms with Crippen molar-refractivity contribution in [3.8, 4) is 5.75 Å². The van der Waals surface area contributed by atoms with Gasteiger partial charge in [-0.05, 0) is 19.1 Å². The summed E-state index contributed by atoms with van der Waals surface area (Å²) >= 11 is 0. The first-order valence-electron chi connectivity index (χ1n) is 5.01. The van der Waals surface area contributed by atoms with Gasteiger partial charge in [0, 0.05) is 5.56 Å². The van der Waals surface area contributed by atoms with Crippen molar-refractivity contribution in [2.24, 2.45) is 0 Å². The van der Waals surface area contributed by atoms with Gasteiger partial charge in [0.25, 0.3) is 0 Å². The predicted octanol–water partition coefficient (Wildman–Crippen LogP) is 0.141. The molecule has 0 aromatic heterocycles. The van der Waals surface area contributed by atoms with Crippen LogP contribution in [0.25, 0.3) is 0 Å². The Morgan fingerprint density at radius 3 is 2.86 bits per heavy atom. The highest BCUT2D eigenvalue weighted by Gasteiger charge is 2.02. The average molecular weight is 196 g/mol. The largest absolute Gasteiger partial charge is 0.493 e. The summed E-state index contributed by atoms with van der Waals surface area (Å²) in [6.07, 6.45) is 0. The molecule has 0 aliphatic carbocycles. The summed E-state index contributed by atoms with van der Waals surface area (Å²) in [6.45, 7) is 4.49. The summed E-state index contributed by atoms with van der Waals surface area (Å²) in [7, 11) is 0. The number of rotatable bonds is 6. The van der Waals surface area contributed by atoms with Crippen LogP contribution in [0.4, 0.5) is 0 Å². The van der Waals surface area contributed by atoms with Gasteiger partial charge in [0.05, 0.1) is 19.8 Å². The molecular formula is C11H18NO2+. The maximum Gasteiger partial charge on any atom is 0.128 e. The van der Waals surface area contributed by atoms with E-state index >= 15 is 0 Å². The Bertz CT molecular complexity index is 263. The molecule has 1 aromatic carbocycles. The third-order valence-electron chi connectivity index (χ3n) is 1.97. The maximum absolute atomic E-state index is 8.65. The lowest BCUT2D eigenvalue weighted by Gasteiger charge is -2.08. The number of hydrogen-bond acceptors (Lipinski definition) is 2. The molecule has 3 heteroatoms. The van der Waals surface area contributed by atoms with Gasteiger partial charge in [0.15, 0.2) is 0 Å². The first kappa shape index (κ1) is 11.0. The van der Waals surface area contributed by atoms with E-state index in [0.717, 1.165) is 18.8 Å². The molecule has 0 spiro atoms. The molecule has 0 saturated heterocycles. The summed E-state index contributed by atoms with van der Waals surface area (Å²) in [4.78, 5) is 0. The SMILES string of the molecule is CCOc1ccccc1C[NH2+]CCO. The second-order valence-electron chi connectivity index (χ2n) is 3.05. The molecule has 1 rings (SSSR count). The molecule has 0 amide bonds. The van der Waals surface area contributed by atoms with Crippen LogP contribution >= 0.6 is 0 Å². The highest BCUT2D eigenvalue weighted by molar-refractivity contribution is 5.32. The number of para-hydroxylation sites is 1. The fraction of sp³-hybridized carbons (Fsp3) is 0.455. The summed E-state index contributed by atoms with van der Waals surface area (Å²) in [5.41, 5.74) is 1.18. The van der Waals surface area contributed by atoms with Gasteiger partial charge in [-0.25, -0.2) is 0 Å². The van der Waals surface area contributed by atoms with Crippen molar-refractivity contribution in [1.29, 1.82) is 0 Å². The van der Waals surface area contributed by atoms with Crippen LogP contribution in [0.1, 0.15) is 12.5 Å². The van der Waals surface area contributed by atoms with Crippen molar-refractivity contribution < 1.29 is 15.2 Å². The van der Waals surface area contributed by atoms with Gasteiger partial charge in [0.1, 0.15) is 12.3 Å². The fourth-order valence-electron chi connectivity index (χ4n) is 1.32. The third-order valence-corrected chi connectivity index (χ3v) is 1.97. The van der Waals surface area contributed by atoms with E-state index in [9.17, 15) is 0 Å². The Hall–Kier alpha value is -1.06. The average Bonchev–Trinajstić information content (AvgIpc) is 2.21. The summed E-state index contributed by atoms with van der Waals surface area (Å²) < 4.78 is 5.49. The van der Waals surface area contributed by atoms with E-state index in [1.807, 2.05) is 25.1 Å². The van der Waals surface area contributed by atoms with Crippen molar-refractivity contribution in [3.63, 3.8) is 0 Å². The smallest absolute Gasteiger partial charge is 0.128 e. The zero-order valence-electron chi connectivity index (χ0n) is 8.57. The van der Waals surface area contributed by atoms with Crippen LogP contribution in [0.2, 0.25) is 0 Å². The number of hydrogen-bond donors (Lipinski definition) is 2. The molecule has 78 valence electrons. The zero-order valence-corrected chi connectivity index (χ0v) is 8.57. The Labute approximate surface area is 84.7 Å². The van der Waals surface area contributed by atoms with Gasteiger partial charge >= 0.3 is 0 Å². The van der Waals surface area contributed by atoms with Crippen molar-refractivity contribution in [2.45, 2.75) is 13.5 Å². The second-order valence-corrected chi connectivity index (χ2v) is 3.05. The first-order valence-corrected chi connectivity index (χ1v) is 5.01. The van der Waals surface area contributed by atoms with E-state index in [1.165, 1.54) is 5.56 Å². The topological polar surface area (TPSA) is 46.1 Å². The van der Waals surface area contributed by atoms with E-state index in [4.69, 9.17) is 9.84 Å². The Morgan fingerprint density at radius 2 is 2.14 bits per heavy atom. The van der Waals surface area contributed by atoms with Crippen molar-refractivity contribution >= 4 is 0 Å². The number of aliphatic hydroxyl groups excluding tert-OH is 1. The van der Waals surface area contributed by atoms with Crippen molar-refractivity contribution in [2.75, 3.05) is 19.8 Å². The van der Waals surface area contributed by atoms with E-state index in [2.05, 4.69) is 11.4 Å². The molecule has 0 unspecified atom stereocenters. The second kappa shape index (κ2) is 6.40. The van der Waals surface area contributed by atoms with Crippen LogP contribution in [0.5, 0.6) is 5.75 Å². The van der Waals surface area contributed by atoms with Crippen LogP contribution < -0.4 is 10.1 Å². The molecular weight excluding hydrogens is 178 g/mol. The highest BCUT2D eigenvalue weighted by atomic mass is 16.5. The first-order chi connectivity index (χ1) is 6.88. The lowest BCUT2D eigenvalue weighted by atomic mass is 10.2. The summed E-state index contributed by atoms with van der Waals surface area (Å²) in [5.74, 6) is 0.948. The summed E-state index contributed by atoms with van der Waals surface area (Å²) in [5, 5.41) is 10.7. The number of benzene rings is 1. The van der Waals surface area contributed by atoms with Gasteiger partial charge in [-0.1, -0.05) is 12.1 Å². The molecule has 0 heterocycles. The number of quaternary nitrogens is 1. The molecule has 0 fully saturated rings. The maximum atomic E-state index is 8.65. The molecule has 1 aromatic rings. The Balaban J connectivity index is 2.55. The highest BCUT2D eigenvalue weighted by Crippen LogP contribution is 2.16. The van der Waals surface area contributed by atoms with Gasteiger partial charge in [-0.3, -0.25) is 0 Å². The molecule has 0 aliphatic rings. The number of nitrogens with two attached hydrogens (primary N) is 1. The zero-order chi connectivity index (χ0) is 10.2. The van der Waals surface area contributed by atoms with Crippen molar-refractivity contribution in [3.05, 3.63) is 29.8 Å². The standard InChI is InChI=1S/C11H17NO2/c1-2-14-11-6-4-3-5-10(11)9-12-7-8-13/h3-6,12-13H,2,7-9H2,1H3/p+1. The molecule has 0 aliphatic heterocycles. The molecule has 0 atom stereocenters. The van der Waals surface area contributed by atoms with E-state index < -0.39 is 0 Å². The van der Waals surface area contributed by atoms with E-state index in [1.54, 1.807) is 0 Å². The fourth-order valence-corrected chi connectivity index (χ4v) is 1.32. The summed E-state index contributed by atoms with van der Waals surface area (Å²) in [6, 6.07) is 8.01. The Kier molecular flexibility index (Phi) is 5.04. The van der Waals surface area contributed by atoms with E-state index in [0.29, 0.717) is 6.61 Å². The van der Waals surface area contributed by atoms with Gasteiger partial charge in [-0.2, -0.15) is 0 Å². The van der Waals surface area contributed by atoms with Gasteiger partial charge in [-0.15, -0.1) is 0 Å². The van der Waals surface area contributed by atoms with Crippen molar-refractivity contribution in [1.82, 2.24) is 0 Å². The predicted molar refractivity (Wildman–Crippen MR) is 55.2 cm³/mol. The third kappa shape index (κ3) is 3.36. The lowest BCUT2D eigenvalue weighted by Crippen LogP contribution is -2.83. The number of ether oxygens (including phenoxy) is 1. The minimum Gasteiger partial charge on any atom is -0.493 e. The van der Waals surface area contributed by atoms with Crippen LogP contribution in [-0.4, -0.2) is 24.9 Å². The normalized spacial score (nSPS) is 10.1. The molecule has 14 heavy (non-hydrogen) atoms. The molecule has 0 bridgehead atoms. The van der Waals surface area contributed by atoms with Crippen LogP contribution in [-0.2, 0) is 6.54 Å². The molecule has 3 nitrogen and oxygen atoms in total. The number of aliphatic hydroxyl groups is 1. The monoisotopic (exact) mass is 196 g/mol. The minimum atomic E-state index is 0.219. The van der Waals surface area contributed by atoms with E-state index in [-0.39, 0.29) is 6.61 Å². The molecule has 3 N–H and O–H groups in total. The molecule has 0 saturated carbocycles. The van der Waals surface area contributed by atoms with Gasteiger partial charge < -0.3 is 15.2 Å². The van der Waals surface area contributed by atoms with Gasteiger partial charge in [0.2, 0.25) is 0 Å². The van der Waals surface area contributed by atoms with Crippen LogP contribution in [0, 0.1) is 0 Å². The minimum absolute atomic E-state index is 0.219. The Morgan fingerprint density at radius 1 is 1.36 bits per heavy atom. The lowest BCUT2D eigenvalue weighted by molar-refractivity contribution is -0.671.